The molecule has 3 aliphatic rings. The zero-order chi connectivity index (χ0) is 25.8. The molecule has 2 aromatic rings. The SMILES string of the molecule is COc1cccc(C(=O)N2C(C(=O)N3CCOCC3)COC23CCN(C(=O)Cc2ccccc2)CC3)c1. The Kier molecular flexibility index (Phi) is 7.43. The lowest BCUT2D eigenvalue weighted by Gasteiger charge is -2.45. The molecule has 1 unspecified atom stereocenters. The van der Waals surface area contributed by atoms with Crippen molar-refractivity contribution in [2.24, 2.45) is 0 Å². The first-order valence-corrected chi connectivity index (χ1v) is 12.8. The lowest BCUT2D eigenvalue weighted by molar-refractivity contribution is -0.146. The van der Waals surface area contributed by atoms with E-state index in [1.165, 1.54) is 0 Å². The number of carbonyl (C=O) groups excluding carboxylic acids is 3. The van der Waals surface area contributed by atoms with Gasteiger partial charge < -0.3 is 24.0 Å². The Morgan fingerprint density at radius 2 is 1.68 bits per heavy atom. The molecule has 0 aliphatic carbocycles. The van der Waals surface area contributed by atoms with E-state index in [1.807, 2.05) is 35.2 Å². The van der Waals surface area contributed by atoms with Crippen LogP contribution in [0.1, 0.15) is 28.8 Å². The predicted octanol–water partition coefficient (Wildman–Crippen LogP) is 1.96. The highest BCUT2D eigenvalue weighted by atomic mass is 16.5. The van der Waals surface area contributed by atoms with Crippen molar-refractivity contribution in [1.29, 1.82) is 0 Å². The number of ether oxygens (including phenoxy) is 3. The largest absolute Gasteiger partial charge is 0.497 e. The fourth-order valence-electron chi connectivity index (χ4n) is 5.43. The zero-order valence-corrected chi connectivity index (χ0v) is 21.1. The maximum absolute atomic E-state index is 14.0. The van der Waals surface area contributed by atoms with E-state index < -0.39 is 11.8 Å². The van der Waals surface area contributed by atoms with Crippen LogP contribution in [-0.2, 0) is 25.5 Å². The van der Waals surface area contributed by atoms with E-state index in [2.05, 4.69) is 0 Å². The third-order valence-electron chi connectivity index (χ3n) is 7.50. The van der Waals surface area contributed by atoms with Crippen molar-refractivity contribution in [3.05, 3.63) is 65.7 Å². The molecule has 0 saturated carbocycles. The number of piperidine rings is 1. The second kappa shape index (κ2) is 10.9. The number of carbonyl (C=O) groups is 3. The summed E-state index contributed by atoms with van der Waals surface area (Å²) >= 11 is 0. The molecule has 3 fully saturated rings. The Morgan fingerprint density at radius 3 is 2.38 bits per heavy atom. The van der Waals surface area contributed by atoms with Crippen molar-refractivity contribution in [3.63, 3.8) is 0 Å². The van der Waals surface area contributed by atoms with Crippen molar-refractivity contribution in [2.45, 2.75) is 31.0 Å². The van der Waals surface area contributed by atoms with Gasteiger partial charge in [0.2, 0.25) is 11.8 Å². The van der Waals surface area contributed by atoms with Crippen LogP contribution < -0.4 is 4.74 Å². The average molecular weight is 508 g/mol. The van der Waals surface area contributed by atoms with Gasteiger partial charge in [-0.1, -0.05) is 36.4 Å². The van der Waals surface area contributed by atoms with Gasteiger partial charge in [-0.3, -0.25) is 19.3 Å². The summed E-state index contributed by atoms with van der Waals surface area (Å²) < 4.78 is 17.1. The molecule has 0 N–H and O–H groups in total. The normalized spacial score (nSPS) is 21.2. The lowest BCUT2D eigenvalue weighted by Crippen LogP contribution is -2.60. The Morgan fingerprint density at radius 1 is 0.946 bits per heavy atom. The summed E-state index contributed by atoms with van der Waals surface area (Å²) in [5, 5.41) is 0. The fraction of sp³-hybridized carbons (Fsp3) is 0.464. The van der Waals surface area contributed by atoms with Crippen LogP contribution in [0, 0.1) is 0 Å². The van der Waals surface area contributed by atoms with Crippen molar-refractivity contribution < 1.29 is 28.6 Å². The topological polar surface area (TPSA) is 88.6 Å². The van der Waals surface area contributed by atoms with Crippen molar-refractivity contribution in [3.8, 4) is 5.75 Å². The summed E-state index contributed by atoms with van der Waals surface area (Å²) in [4.78, 5) is 45.7. The van der Waals surface area contributed by atoms with Gasteiger partial charge in [0.15, 0.2) is 0 Å². The summed E-state index contributed by atoms with van der Waals surface area (Å²) in [6, 6.07) is 15.9. The van der Waals surface area contributed by atoms with Crippen molar-refractivity contribution in [1.82, 2.24) is 14.7 Å². The van der Waals surface area contributed by atoms with E-state index in [0.29, 0.717) is 70.0 Å². The third-order valence-corrected chi connectivity index (χ3v) is 7.50. The number of hydrogen-bond donors (Lipinski definition) is 0. The standard InChI is InChI=1S/C28H33N3O6/c1-35-23-9-5-8-22(19-23)26(33)31-24(27(34)30-14-16-36-17-15-30)20-37-28(31)10-12-29(13-11-28)25(32)18-21-6-3-2-4-7-21/h2-9,19,24H,10-18,20H2,1H3. The van der Waals surface area contributed by atoms with Crippen LogP contribution in [0.5, 0.6) is 5.75 Å². The smallest absolute Gasteiger partial charge is 0.257 e. The van der Waals surface area contributed by atoms with Gasteiger partial charge in [-0.25, -0.2) is 0 Å². The van der Waals surface area contributed by atoms with E-state index >= 15 is 0 Å². The van der Waals surface area contributed by atoms with Gasteiger partial charge in [0, 0.05) is 44.6 Å². The molecule has 3 heterocycles. The first kappa shape index (κ1) is 25.2. The Labute approximate surface area is 216 Å². The molecular formula is C28H33N3O6. The van der Waals surface area contributed by atoms with Crippen LogP contribution in [0.2, 0.25) is 0 Å². The van der Waals surface area contributed by atoms with Crippen LogP contribution in [-0.4, -0.2) is 97.3 Å². The van der Waals surface area contributed by atoms with Crippen LogP contribution >= 0.6 is 0 Å². The number of morpholine rings is 1. The Hall–Kier alpha value is -3.43. The monoisotopic (exact) mass is 507 g/mol. The maximum atomic E-state index is 14.0. The summed E-state index contributed by atoms with van der Waals surface area (Å²) in [6.45, 7) is 2.97. The van der Waals surface area contributed by atoms with E-state index in [4.69, 9.17) is 14.2 Å². The van der Waals surface area contributed by atoms with E-state index in [-0.39, 0.29) is 24.3 Å². The highest BCUT2D eigenvalue weighted by Crippen LogP contribution is 2.39. The van der Waals surface area contributed by atoms with E-state index in [9.17, 15) is 14.4 Å². The first-order chi connectivity index (χ1) is 18.0. The molecule has 2 aromatic carbocycles. The summed E-state index contributed by atoms with van der Waals surface area (Å²) in [6.07, 6.45) is 1.21. The number of hydrogen-bond acceptors (Lipinski definition) is 6. The fourth-order valence-corrected chi connectivity index (χ4v) is 5.43. The van der Waals surface area contributed by atoms with Gasteiger partial charge in [0.1, 0.15) is 17.5 Å². The van der Waals surface area contributed by atoms with Crippen LogP contribution in [0.4, 0.5) is 0 Å². The van der Waals surface area contributed by atoms with Gasteiger partial charge in [-0.05, 0) is 23.8 Å². The van der Waals surface area contributed by atoms with Crippen LogP contribution in [0.25, 0.3) is 0 Å². The average Bonchev–Trinajstić information content (AvgIpc) is 3.31. The van der Waals surface area contributed by atoms with Gasteiger partial charge in [0.25, 0.3) is 5.91 Å². The molecule has 3 amide bonds. The van der Waals surface area contributed by atoms with E-state index in [1.54, 1.807) is 41.2 Å². The number of likely N-dealkylation sites (tertiary alicyclic amines) is 1. The number of nitrogens with zero attached hydrogens (tertiary/aromatic N) is 3. The minimum Gasteiger partial charge on any atom is -0.497 e. The van der Waals surface area contributed by atoms with E-state index in [0.717, 1.165) is 5.56 Å². The zero-order valence-electron chi connectivity index (χ0n) is 21.1. The van der Waals surface area contributed by atoms with Gasteiger partial charge >= 0.3 is 0 Å². The second-order valence-corrected chi connectivity index (χ2v) is 9.66. The molecule has 9 heteroatoms. The molecule has 37 heavy (non-hydrogen) atoms. The lowest BCUT2D eigenvalue weighted by atomic mass is 9.96. The minimum atomic E-state index is -0.948. The third kappa shape index (κ3) is 5.19. The molecule has 3 aliphatic heterocycles. The molecule has 0 bridgehead atoms. The number of benzene rings is 2. The molecule has 1 spiro atoms. The van der Waals surface area contributed by atoms with Crippen molar-refractivity contribution >= 4 is 17.7 Å². The molecule has 3 saturated heterocycles. The molecule has 9 nitrogen and oxygen atoms in total. The molecule has 196 valence electrons. The molecule has 0 aromatic heterocycles. The van der Waals surface area contributed by atoms with Crippen LogP contribution in [0.15, 0.2) is 54.6 Å². The highest BCUT2D eigenvalue weighted by molar-refractivity contribution is 5.98. The second-order valence-electron chi connectivity index (χ2n) is 9.66. The molecule has 5 rings (SSSR count). The Balaban J connectivity index is 1.37. The number of methoxy groups -OCH3 is 1. The van der Waals surface area contributed by atoms with Gasteiger partial charge in [0.05, 0.1) is 33.4 Å². The summed E-state index contributed by atoms with van der Waals surface area (Å²) in [5.74, 6) is 0.217. The summed E-state index contributed by atoms with van der Waals surface area (Å²) in [5.41, 5.74) is 0.457. The maximum Gasteiger partial charge on any atom is 0.257 e. The first-order valence-electron chi connectivity index (χ1n) is 12.8. The molecule has 0 radical (unpaired) electrons. The Bertz CT molecular complexity index is 1130. The quantitative estimate of drug-likeness (QED) is 0.615. The molecule has 1 atom stereocenters. The van der Waals surface area contributed by atoms with Gasteiger partial charge in [-0.2, -0.15) is 0 Å². The van der Waals surface area contributed by atoms with Gasteiger partial charge in [-0.15, -0.1) is 0 Å². The summed E-state index contributed by atoms with van der Waals surface area (Å²) in [7, 11) is 1.55. The van der Waals surface area contributed by atoms with Crippen molar-refractivity contribution in [2.75, 3.05) is 53.1 Å². The highest BCUT2D eigenvalue weighted by Gasteiger charge is 2.55. The predicted molar refractivity (Wildman–Crippen MR) is 135 cm³/mol. The molecular weight excluding hydrogens is 474 g/mol. The number of rotatable bonds is 5. The van der Waals surface area contributed by atoms with Crippen LogP contribution in [0.3, 0.4) is 0 Å². The minimum absolute atomic E-state index is 0.0469. The number of amides is 3.